The average molecular weight is 455 g/mol. The van der Waals surface area contributed by atoms with Gasteiger partial charge in [-0.1, -0.05) is 29.3 Å². The molecule has 1 saturated heterocycles. The summed E-state index contributed by atoms with van der Waals surface area (Å²) in [6, 6.07) is 4.28. The molecule has 0 aromatic heterocycles. The molecule has 1 fully saturated rings. The topological polar surface area (TPSA) is 84.9 Å². The molecule has 2 rings (SSSR count). The van der Waals surface area contributed by atoms with Gasteiger partial charge in [-0.15, -0.1) is 0 Å². The zero-order chi connectivity index (χ0) is 20.7. The van der Waals surface area contributed by atoms with E-state index in [-0.39, 0.29) is 24.3 Å². The molecule has 1 aromatic rings. The minimum absolute atomic E-state index is 0.110. The maximum atomic E-state index is 13.2. The van der Waals surface area contributed by atoms with E-state index in [1.54, 1.807) is 18.2 Å². The van der Waals surface area contributed by atoms with Crippen LogP contribution in [0.5, 0.6) is 5.75 Å². The molecule has 1 atom stereocenters. The number of nitrogens with zero attached hydrogens (tertiary/aromatic N) is 1. The number of esters is 1. The fourth-order valence-electron chi connectivity index (χ4n) is 2.89. The van der Waals surface area contributed by atoms with Gasteiger partial charge in [0.05, 0.1) is 24.7 Å². The molecule has 1 aromatic carbocycles. The van der Waals surface area contributed by atoms with E-state index < -0.39 is 12.0 Å². The number of unbranched alkanes of at least 4 members (excludes halogenated alkanes) is 1. The third-order valence-corrected chi connectivity index (χ3v) is 4.74. The number of nitrogens with one attached hydrogen (secondary N) is 1. The van der Waals surface area contributed by atoms with Crippen LogP contribution in [0.1, 0.15) is 50.4 Å². The summed E-state index contributed by atoms with van der Waals surface area (Å²) in [4.78, 5) is 39.2. The van der Waals surface area contributed by atoms with Gasteiger partial charge >= 0.3 is 5.97 Å². The fourth-order valence-corrected chi connectivity index (χ4v) is 3.25. The number of amides is 2. The Kier molecular flexibility index (Phi) is 8.29. The van der Waals surface area contributed by atoms with Crippen LogP contribution in [-0.4, -0.2) is 54.5 Å². The van der Waals surface area contributed by atoms with E-state index in [1.165, 1.54) is 4.90 Å². The summed E-state index contributed by atoms with van der Waals surface area (Å²) in [5.74, 6) is -0.744. The Morgan fingerprint density at radius 1 is 1.36 bits per heavy atom. The smallest absolute Gasteiger partial charge is 0.308 e. The maximum absolute atomic E-state index is 13.2. The summed E-state index contributed by atoms with van der Waals surface area (Å²) in [5.41, 5.74) is 0.349. The van der Waals surface area contributed by atoms with E-state index >= 15 is 0 Å². The normalized spacial score (nSPS) is 16.7. The van der Waals surface area contributed by atoms with Gasteiger partial charge in [0.15, 0.2) is 0 Å². The van der Waals surface area contributed by atoms with Gasteiger partial charge in [-0.2, -0.15) is 0 Å². The molecular weight excluding hydrogens is 428 g/mol. The Bertz CT molecular complexity index is 723. The number of benzene rings is 1. The summed E-state index contributed by atoms with van der Waals surface area (Å²) < 4.78 is 11.7. The van der Waals surface area contributed by atoms with Crippen LogP contribution in [0.2, 0.25) is 0 Å². The lowest BCUT2D eigenvalue weighted by molar-refractivity contribution is -0.147. The average Bonchev–Trinajstić information content (AvgIpc) is 2.64. The molecule has 8 heteroatoms. The van der Waals surface area contributed by atoms with Crippen LogP contribution in [0.4, 0.5) is 0 Å². The first-order valence-corrected chi connectivity index (χ1v) is 10.3. The first kappa shape index (κ1) is 22.2. The number of hydrogen-bond donors (Lipinski definition) is 1. The molecule has 0 saturated carbocycles. The SMILES string of the molecule is CCCCOC(=O)CC1C(=O)NCCN1C(=O)c1cc(Br)ccc1OC(C)C. The van der Waals surface area contributed by atoms with Crippen LogP contribution < -0.4 is 10.1 Å². The highest BCUT2D eigenvalue weighted by Gasteiger charge is 2.36. The molecule has 154 valence electrons. The van der Waals surface area contributed by atoms with Gasteiger partial charge in [-0.05, 0) is 38.5 Å². The van der Waals surface area contributed by atoms with Gasteiger partial charge < -0.3 is 19.7 Å². The van der Waals surface area contributed by atoms with Crippen molar-refractivity contribution in [3.63, 3.8) is 0 Å². The quantitative estimate of drug-likeness (QED) is 0.482. The van der Waals surface area contributed by atoms with Gasteiger partial charge in [0, 0.05) is 17.6 Å². The van der Waals surface area contributed by atoms with Crippen molar-refractivity contribution < 1.29 is 23.9 Å². The summed E-state index contributed by atoms with van der Waals surface area (Å²) in [5, 5.41) is 2.72. The molecule has 1 aliphatic rings. The highest BCUT2D eigenvalue weighted by Crippen LogP contribution is 2.27. The van der Waals surface area contributed by atoms with Crippen LogP contribution >= 0.6 is 15.9 Å². The van der Waals surface area contributed by atoms with E-state index in [0.717, 1.165) is 17.3 Å². The van der Waals surface area contributed by atoms with Gasteiger partial charge in [0.25, 0.3) is 5.91 Å². The third-order valence-electron chi connectivity index (χ3n) is 4.25. The largest absolute Gasteiger partial charge is 0.490 e. The Labute approximate surface area is 173 Å². The Balaban J connectivity index is 2.22. The lowest BCUT2D eigenvalue weighted by atomic mass is 10.1. The number of ether oxygens (including phenoxy) is 2. The standard InChI is InChI=1S/C20H27BrN2O5/c1-4-5-10-27-18(24)12-16-19(25)22-8-9-23(16)20(26)15-11-14(21)6-7-17(15)28-13(2)3/h6-7,11,13,16H,4-5,8-10,12H2,1-3H3,(H,22,25). The molecule has 0 spiro atoms. The summed E-state index contributed by atoms with van der Waals surface area (Å²) in [7, 11) is 0. The van der Waals surface area contributed by atoms with Crippen molar-refractivity contribution >= 4 is 33.7 Å². The minimum Gasteiger partial charge on any atom is -0.490 e. The number of carbonyl (C=O) groups excluding carboxylic acids is 3. The first-order chi connectivity index (χ1) is 13.3. The maximum Gasteiger partial charge on any atom is 0.308 e. The molecule has 7 nitrogen and oxygen atoms in total. The second-order valence-corrected chi connectivity index (χ2v) is 7.81. The summed E-state index contributed by atoms with van der Waals surface area (Å²) in [6.45, 7) is 6.71. The molecule has 0 aliphatic carbocycles. The zero-order valence-corrected chi connectivity index (χ0v) is 18.1. The predicted octanol–water partition coefficient (Wildman–Crippen LogP) is 2.91. The van der Waals surface area contributed by atoms with Crippen LogP contribution in [0.3, 0.4) is 0 Å². The molecule has 28 heavy (non-hydrogen) atoms. The van der Waals surface area contributed by atoms with Gasteiger partial charge in [-0.25, -0.2) is 0 Å². The van der Waals surface area contributed by atoms with Crippen molar-refractivity contribution in [3.8, 4) is 5.75 Å². The van der Waals surface area contributed by atoms with Crippen molar-refractivity contribution in [1.82, 2.24) is 10.2 Å². The fraction of sp³-hybridized carbons (Fsp3) is 0.550. The van der Waals surface area contributed by atoms with Gasteiger partial charge in [0.1, 0.15) is 11.8 Å². The van der Waals surface area contributed by atoms with E-state index in [1.807, 2.05) is 20.8 Å². The van der Waals surface area contributed by atoms with Crippen molar-refractivity contribution in [2.45, 2.75) is 52.2 Å². The number of rotatable bonds is 8. The monoisotopic (exact) mass is 454 g/mol. The second kappa shape index (κ2) is 10.5. The van der Waals surface area contributed by atoms with E-state index in [2.05, 4.69) is 21.2 Å². The Morgan fingerprint density at radius 3 is 2.79 bits per heavy atom. The van der Waals surface area contributed by atoms with E-state index in [9.17, 15) is 14.4 Å². The van der Waals surface area contributed by atoms with Gasteiger partial charge in [0.2, 0.25) is 5.91 Å². The molecule has 1 unspecified atom stereocenters. The Morgan fingerprint density at radius 2 is 2.11 bits per heavy atom. The molecular formula is C20H27BrN2O5. The van der Waals surface area contributed by atoms with Crippen LogP contribution in [-0.2, 0) is 14.3 Å². The minimum atomic E-state index is -0.902. The molecule has 1 N–H and O–H groups in total. The summed E-state index contributed by atoms with van der Waals surface area (Å²) in [6.07, 6.45) is 1.39. The third kappa shape index (κ3) is 5.95. The van der Waals surface area contributed by atoms with Crippen LogP contribution in [0.25, 0.3) is 0 Å². The molecule has 2 amide bonds. The van der Waals surface area contributed by atoms with Crippen molar-refractivity contribution in [2.24, 2.45) is 0 Å². The summed E-state index contributed by atoms with van der Waals surface area (Å²) >= 11 is 3.38. The number of piperazine rings is 1. The predicted molar refractivity (Wildman–Crippen MR) is 108 cm³/mol. The number of hydrogen-bond acceptors (Lipinski definition) is 5. The molecule has 1 heterocycles. The first-order valence-electron chi connectivity index (χ1n) is 9.54. The van der Waals surface area contributed by atoms with Crippen molar-refractivity contribution in [1.29, 1.82) is 0 Å². The number of carbonyl (C=O) groups is 3. The molecule has 0 radical (unpaired) electrons. The Hall–Kier alpha value is -2.09. The van der Waals surface area contributed by atoms with Gasteiger partial charge in [-0.3, -0.25) is 14.4 Å². The highest BCUT2D eigenvalue weighted by molar-refractivity contribution is 9.10. The second-order valence-electron chi connectivity index (χ2n) is 6.89. The van der Waals surface area contributed by atoms with Crippen LogP contribution in [0, 0.1) is 0 Å². The van der Waals surface area contributed by atoms with Crippen molar-refractivity contribution in [3.05, 3.63) is 28.2 Å². The molecule has 0 bridgehead atoms. The zero-order valence-electron chi connectivity index (χ0n) is 16.5. The lowest BCUT2D eigenvalue weighted by Gasteiger charge is -2.35. The number of halogens is 1. The van der Waals surface area contributed by atoms with E-state index in [4.69, 9.17) is 9.47 Å². The lowest BCUT2D eigenvalue weighted by Crippen LogP contribution is -2.57. The van der Waals surface area contributed by atoms with Crippen molar-refractivity contribution in [2.75, 3.05) is 19.7 Å². The van der Waals surface area contributed by atoms with E-state index in [0.29, 0.717) is 31.0 Å². The highest BCUT2D eigenvalue weighted by atomic mass is 79.9. The molecule has 1 aliphatic heterocycles. The van der Waals surface area contributed by atoms with Crippen LogP contribution in [0.15, 0.2) is 22.7 Å².